The lowest BCUT2D eigenvalue weighted by Crippen LogP contribution is -2.07. The van der Waals surface area contributed by atoms with E-state index in [0.717, 1.165) is 23.7 Å². The van der Waals surface area contributed by atoms with E-state index in [1.807, 2.05) is 17.7 Å². The van der Waals surface area contributed by atoms with Crippen molar-refractivity contribution in [2.24, 2.45) is 0 Å². The normalized spacial score (nSPS) is 10.9. The van der Waals surface area contributed by atoms with Gasteiger partial charge >= 0.3 is 5.97 Å². The highest BCUT2D eigenvalue weighted by molar-refractivity contribution is 7.99. The molecule has 0 fully saturated rings. The minimum absolute atomic E-state index is 0.0140. The van der Waals surface area contributed by atoms with Gasteiger partial charge in [-0.3, -0.25) is 9.36 Å². The molecule has 0 amide bonds. The van der Waals surface area contributed by atoms with E-state index in [1.165, 1.54) is 16.6 Å². The lowest BCUT2D eigenvalue weighted by molar-refractivity contribution is -0.133. The van der Waals surface area contributed by atoms with Gasteiger partial charge in [-0.25, -0.2) is 4.98 Å². The molecule has 6 nitrogen and oxygen atoms in total. The highest BCUT2D eigenvalue weighted by atomic mass is 32.2. The van der Waals surface area contributed by atoms with Crippen molar-refractivity contribution in [1.29, 1.82) is 0 Å². The Hall–Kier alpha value is -1.41. The third kappa shape index (κ3) is 3.57. The molecule has 0 atom stereocenters. The fraction of sp³-hybridized carbons (Fsp3) is 0.500. The van der Waals surface area contributed by atoms with Gasteiger partial charge in [-0.1, -0.05) is 25.6 Å². The minimum Gasteiger partial charge on any atom is -0.481 e. The van der Waals surface area contributed by atoms with Gasteiger partial charge in [0.15, 0.2) is 5.16 Å². The lowest BCUT2D eigenvalue weighted by Gasteiger charge is -2.06. The molecular formula is C12H16N4O2S2. The summed E-state index contributed by atoms with van der Waals surface area (Å²) in [5.74, 6) is -0.0174. The molecule has 2 heterocycles. The predicted octanol–water partition coefficient (Wildman–Crippen LogP) is 2.08. The fourth-order valence-electron chi connectivity index (χ4n) is 1.69. The fourth-order valence-corrected chi connectivity index (χ4v) is 3.22. The Kier molecular flexibility index (Phi) is 5.13. The highest BCUT2D eigenvalue weighted by Gasteiger charge is 2.14. The molecule has 0 aliphatic heterocycles. The first-order chi connectivity index (χ1) is 9.63. The van der Waals surface area contributed by atoms with Gasteiger partial charge in [0, 0.05) is 17.5 Å². The van der Waals surface area contributed by atoms with Crippen LogP contribution in [0, 0.1) is 0 Å². The van der Waals surface area contributed by atoms with E-state index in [0.29, 0.717) is 11.7 Å². The van der Waals surface area contributed by atoms with E-state index in [2.05, 4.69) is 22.1 Å². The topological polar surface area (TPSA) is 80.9 Å². The second-order valence-corrected chi connectivity index (χ2v) is 6.24. The quantitative estimate of drug-likeness (QED) is 0.788. The van der Waals surface area contributed by atoms with Gasteiger partial charge < -0.3 is 5.11 Å². The van der Waals surface area contributed by atoms with Crippen LogP contribution in [0.5, 0.6) is 0 Å². The zero-order chi connectivity index (χ0) is 14.5. The Bertz CT molecular complexity index is 594. The lowest BCUT2D eigenvalue weighted by atomic mass is 10.4. The van der Waals surface area contributed by atoms with Crippen LogP contribution in [-0.2, 0) is 24.2 Å². The molecule has 0 aliphatic rings. The molecule has 0 saturated heterocycles. The Balaban J connectivity index is 2.19. The van der Waals surface area contributed by atoms with Crippen LogP contribution in [0.3, 0.4) is 0 Å². The number of thiazole rings is 1. The number of thioether (sulfide) groups is 1. The molecule has 20 heavy (non-hydrogen) atoms. The second-order valence-electron chi connectivity index (χ2n) is 4.09. The number of aromatic nitrogens is 4. The average Bonchev–Trinajstić information content (AvgIpc) is 3.03. The summed E-state index contributed by atoms with van der Waals surface area (Å²) in [4.78, 5) is 16.3. The monoisotopic (exact) mass is 312 g/mol. The summed E-state index contributed by atoms with van der Waals surface area (Å²) in [6.45, 7) is 4.70. The summed E-state index contributed by atoms with van der Waals surface area (Å²) >= 11 is 2.86. The number of aryl methyl sites for hydroxylation is 2. The molecule has 0 unspecified atom stereocenters. The number of carboxylic acids is 1. The van der Waals surface area contributed by atoms with Gasteiger partial charge in [0.2, 0.25) is 0 Å². The standard InChI is InChI=1S/C12H16N4O2S2/c1-3-8-5-13-10(20-8)6-16-9(4-2)14-15-12(16)19-7-11(17)18/h5H,3-4,6-7H2,1-2H3,(H,17,18). The van der Waals surface area contributed by atoms with Gasteiger partial charge in [0.1, 0.15) is 10.8 Å². The van der Waals surface area contributed by atoms with Crippen molar-refractivity contribution in [1.82, 2.24) is 19.7 Å². The SMILES string of the molecule is CCc1cnc(Cn2c(CC)nnc2SCC(=O)O)s1. The molecule has 0 aliphatic carbocycles. The summed E-state index contributed by atoms with van der Waals surface area (Å²) in [5.41, 5.74) is 0. The molecule has 0 radical (unpaired) electrons. The molecular weight excluding hydrogens is 296 g/mol. The number of nitrogens with zero attached hydrogens (tertiary/aromatic N) is 4. The van der Waals surface area contributed by atoms with E-state index in [1.54, 1.807) is 11.3 Å². The number of carboxylic acid groups (broad SMARTS) is 1. The molecule has 2 rings (SSSR count). The first-order valence-electron chi connectivity index (χ1n) is 6.34. The largest absolute Gasteiger partial charge is 0.481 e. The molecule has 2 aromatic rings. The van der Waals surface area contributed by atoms with Crippen molar-refractivity contribution in [3.8, 4) is 0 Å². The third-order valence-corrected chi connectivity index (χ3v) is 4.76. The zero-order valence-corrected chi connectivity index (χ0v) is 13.0. The van der Waals surface area contributed by atoms with Gasteiger partial charge in [-0.05, 0) is 6.42 Å². The van der Waals surface area contributed by atoms with E-state index < -0.39 is 5.97 Å². The Labute approximate surface area is 125 Å². The average molecular weight is 312 g/mol. The van der Waals surface area contributed by atoms with E-state index in [9.17, 15) is 4.79 Å². The number of hydrogen-bond acceptors (Lipinski definition) is 6. The molecule has 8 heteroatoms. The molecule has 0 aromatic carbocycles. The smallest absolute Gasteiger partial charge is 0.313 e. The maximum atomic E-state index is 10.7. The summed E-state index contributed by atoms with van der Waals surface area (Å²) in [6, 6.07) is 0. The first-order valence-corrected chi connectivity index (χ1v) is 8.14. The maximum absolute atomic E-state index is 10.7. The van der Waals surface area contributed by atoms with Crippen molar-refractivity contribution in [2.45, 2.75) is 38.4 Å². The summed E-state index contributed by atoms with van der Waals surface area (Å²) in [7, 11) is 0. The Morgan fingerprint density at radius 1 is 1.40 bits per heavy atom. The van der Waals surface area contributed by atoms with Crippen LogP contribution in [0.1, 0.15) is 29.6 Å². The number of rotatable bonds is 7. The Morgan fingerprint density at radius 3 is 2.80 bits per heavy atom. The van der Waals surface area contributed by atoms with Crippen molar-refractivity contribution < 1.29 is 9.90 Å². The Morgan fingerprint density at radius 2 is 2.20 bits per heavy atom. The third-order valence-electron chi connectivity index (χ3n) is 2.68. The summed E-state index contributed by atoms with van der Waals surface area (Å²) in [5, 5.41) is 18.6. The highest BCUT2D eigenvalue weighted by Crippen LogP contribution is 2.21. The van der Waals surface area contributed by atoms with Gasteiger partial charge in [0.05, 0.1) is 12.3 Å². The van der Waals surface area contributed by atoms with Crippen LogP contribution in [0.2, 0.25) is 0 Å². The van der Waals surface area contributed by atoms with Crippen molar-refractivity contribution in [3.63, 3.8) is 0 Å². The van der Waals surface area contributed by atoms with E-state index >= 15 is 0 Å². The maximum Gasteiger partial charge on any atom is 0.313 e. The summed E-state index contributed by atoms with van der Waals surface area (Å²) in [6.07, 6.45) is 3.62. The molecule has 0 saturated carbocycles. The second kappa shape index (κ2) is 6.85. The zero-order valence-electron chi connectivity index (χ0n) is 11.4. The number of carbonyl (C=O) groups is 1. The number of hydrogen-bond donors (Lipinski definition) is 1. The number of aliphatic carboxylic acids is 1. The van der Waals surface area contributed by atoms with Crippen molar-refractivity contribution in [2.75, 3.05) is 5.75 Å². The van der Waals surface area contributed by atoms with E-state index in [4.69, 9.17) is 5.11 Å². The van der Waals surface area contributed by atoms with Crippen molar-refractivity contribution >= 4 is 29.1 Å². The van der Waals surface area contributed by atoms with Crippen LogP contribution < -0.4 is 0 Å². The first kappa shape index (κ1) is 15.0. The predicted molar refractivity (Wildman–Crippen MR) is 78.4 cm³/mol. The molecule has 2 aromatic heterocycles. The van der Waals surface area contributed by atoms with Crippen LogP contribution in [0.15, 0.2) is 11.4 Å². The molecule has 0 bridgehead atoms. The van der Waals surface area contributed by atoms with Crippen LogP contribution in [0.4, 0.5) is 0 Å². The van der Waals surface area contributed by atoms with Crippen molar-refractivity contribution in [3.05, 3.63) is 21.9 Å². The van der Waals surface area contributed by atoms with Crippen LogP contribution in [-0.4, -0.2) is 36.6 Å². The van der Waals surface area contributed by atoms with Gasteiger partial charge in [-0.2, -0.15) is 0 Å². The van der Waals surface area contributed by atoms with Gasteiger partial charge in [0.25, 0.3) is 0 Å². The van der Waals surface area contributed by atoms with Crippen LogP contribution >= 0.6 is 23.1 Å². The molecule has 1 N–H and O–H groups in total. The summed E-state index contributed by atoms with van der Waals surface area (Å²) < 4.78 is 1.95. The van der Waals surface area contributed by atoms with Gasteiger partial charge in [-0.15, -0.1) is 21.5 Å². The minimum atomic E-state index is -0.856. The van der Waals surface area contributed by atoms with Crippen LogP contribution in [0.25, 0.3) is 0 Å². The molecule has 0 spiro atoms. The van der Waals surface area contributed by atoms with E-state index in [-0.39, 0.29) is 5.75 Å². The molecule has 108 valence electrons.